The van der Waals surface area contributed by atoms with Crippen LogP contribution in [0.15, 0.2) is 29.2 Å². The van der Waals surface area contributed by atoms with Crippen LogP contribution < -0.4 is 15.8 Å². The van der Waals surface area contributed by atoms with E-state index in [4.69, 9.17) is 5.73 Å². The van der Waals surface area contributed by atoms with Gasteiger partial charge in [-0.25, -0.2) is 13.1 Å². The fourth-order valence-electron chi connectivity index (χ4n) is 2.79. The van der Waals surface area contributed by atoms with Gasteiger partial charge in [0.1, 0.15) is 4.90 Å². The van der Waals surface area contributed by atoms with Crippen molar-refractivity contribution in [2.24, 2.45) is 5.73 Å². The van der Waals surface area contributed by atoms with E-state index in [2.05, 4.69) is 10.0 Å². The molecule has 2 aliphatic carbocycles. The van der Waals surface area contributed by atoms with Gasteiger partial charge in [0.25, 0.3) is 0 Å². The van der Waals surface area contributed by atoms with Crippen molar-refractivity contribution in [3.63, 3.8) is 0 Å². The van der Waals surface area contributed by atoms with Gasteiger partial charge in [-0.1, -0.05) is 12.1 Å². The zero-order valence-electron chi connectivity index (χ0n) is 12.1. The van der Waals surface area contributed by atoms with Crippen LogP contribution in [0.25, 0.3) is 0 Å². The van der Waals surface area contributed by atoms with Crippen molar-refractivity contribution < 1.29 is 8.42 Å². The van der Waals surface area contributed by atoms with Crippen LogP contribution in [0.1, 0.15) is 38.5 Å². The molecule has 2 fully saturated rings. The number of anilines is 1. The molecule has 1 aromatic rings. The van der Waals surface area contributed by atoms with Gasteiger partial charge in [0.2, 0.25) is 10.0 Å². The number of para-hydroxylation sites is 1. The molecule has 0 heterocycles. The third-order valence-electron chi connectivity index (χ3n) is 4.21. The van der Waals surface area contributed by atoms with Gasteiger partial charge < -0.3 is 11.1 Å². The molecule has 0 aromatic heterocycles. The number of hydrogen-bond acceptors (Lipinski definition) is 4. The number of sulfonamides is 1. The molecule has 6 heteroatoms. The van der Waals surface area contributed by atoms with Gasteiger partial charge >= 0.3 is 0 Å². The minimum Gasteiger partial charge on any atom is -0.381 e. The molecule has 0 radical (unpaired) electrons. The van der Waals surface area contributed by atoms with Crippen LogP contribution in [-0.2, 0) is 10.0 Å². The zero-order chi connectivity index (χ0) is 14.9. The van der Waals surface area contributed by atoms with Crippen molar-refractivity contribution >= 4 is 15.7 Å². The SMILES string of the molecule is NC1CCC(Nc2ccccc2S(=O)(=O)NC2CC2)CC1. The van der Waals surface area contributed by atoms with E-state index in [1.165, 1.54) is 0 Å². The van der Waals surface area contributed by atoms with Gasteiger partial charge in [0.15, 0.2) is 0 Å². The predicted molar refractivity (Wildman–Crippen MR) is 83.6 cm³/mol. The Morgan fingerprint density at radius 2 is 1.57 bits per heavy atom. The Hall–Kier alpha value is -1.11. The molecular formula is C15H23N3O2S. The predicted octanol–water partition coefficient (Wildman–Crippen LogP) is 1.81. The Morgan fingerprint density at radius 3 is 2.24 bits per heavy atom. The maximum absolute atomic E-state index is 12.4. The number of nitrogens with one attached hydrogen (secondary N) is 2. The lowest BCUT2D eigenvalue weighted by molar-refractivity contribution is 0.410. The molecule has 3 rings (SSSR count). The Morgan fingerprint density at radius 1 is 0.952 bits per heavy atom. The summed E-state index contributed by atoms with van der Waals surface area (Å²) in [6.45, 7) is 0. The van der Waals surface area contributed by atoms with Gasteiger partial charge in [-0.05, 0) is 50.7 Å². The van der Waals surface area contributed by atoms with Crippen LogP contribution in [0.2, 0.25) is 0 Å². The summed E-state index contributed by atoms with van der Waals surface area (Å²) in [6, 6.07) is 7.87. The van der Waals surface area contributed by atoms with Crippen molar-refractivity contribution in [3.8, 4) is 0 Å². The molecule has 2 aliphatic rings. The molecule has 0 bridgehead atoms. The smallest absolute Gasteiger partial charge is 0.242 e. The average Bonchev–Trinajstić information content (AvgIpc) is 3.25. The summed E-state index contributed by atoms with van der Waals surface area (Å²) in [5, 5.41) is 3.40. The first-order valence-corrected chi connectivity index (χ1v) is 9.16. The summed E-state index contributed by atoms with van der Waals surface area (Å²) < 4.78 is 27.6. The first-order valence-electron chi connectivity index (χ1n) is 7.68. The lowest BCUT2D eigenvalue weighted by Crippen LogP contribution is -2.33. The topological polar surface area (TPSA) is 84.2 Å². The molecule has 4 N–H and O–H groups in total. The van der Waals surface area contributed by atoms with Gasteiger partial charge in [-0.15, -0.1) is 0 Å². The summed E-state index contributed by atoms with van der Waals surface area (Å²) in [7, 11) is -3.43. The van der Waals surface area contributed by atoms with E-state index in [0.717, 1.165) is 38.5 Å². The van der Waals surface area contributed by atoms with Gasteiger partial charge in [-0.3, -0.25) is 0 Å². The van der Waals surface area contributed by atoms with Crippen LogP contribution in [0, 0.1) is 0 Å². The van der Waals surface area contributed by atoms with Crippen LogP contribution in [0.3, 0.4) is 0 Å². The molecule has 21 heavy (non-hydrogen) atoms. The average molecular weight is 309 g/mol. The monoisotopic (exact) mass is 309 g/mol. The van der Waals surface area contributed by atoms with Crippen molar-refractivity contribution in [3.05, 3.63) is 24.3 Å². The Balaban J connectivity index is 1.76. The first kappa shape index (κ1) is 14.8. The van der Waals surface area contributed by atoms with Crippen molar-refractivity contribution in [1.29, 1.82) is 0 Å². The highest BCUT2D eigenvalue weighted by Crippen LogP contribution is 2.28. The van der Waals surface area contributed by atoms with Crippen LogP contribution in [0.5, 0.6) is 0 Å². The molecule has 1 aromatic carbocycles. The third kappa shape index (κ3) is 3.75. The minimum atomic E-state index is -3.43. The molecule has 0 atom stereocenters. The van der Waals surface area contributed by atoms with Crippen molar-refractivity contribution in [2.75, 3.05) is 5.32 Å². The fraction of sp³-hybridized carbons (Fsp3) is 0.600. The fourth-order valence-corrected chi connectivity index (χ4v) is 4.26. The van der Waals surface area contributed by atoms with E-state index in [-0.39, 0.29) is 6.04 Å². The molecule has 2 saturated carbocycles. The highest BCUT2D eigenvalue weighted by molar-refractivity contribution is 7.89. The maximum atomic E-state index is 12.4. The third-order valence-corrected chi connectivity index (χ3v) is 5.79. The van der Waals surface area contributed by atoms with E-state index < -0.39 is 10.0 Å². The Kier molecular flexibility index (Phi) is 4.19. The van der Waals surface area contributed by atoms with Crippen molar-refractivity contribution in [2.45, 2.75) is 61.5 Å². The minimum absolute atomic E-state index is 0.121. The number of rotatable bonds is 5. The quantitative estimate of drug-likeness (QED) is 0.774. The summed E-state index contributed by atoms with van der Waals surface area (Å²) >= 11 is 0. The summed E-state index contributed by atoms with van der Waals surface area (Å²) in [5.41, 5.74) is 6.62. The van der Waals surface area contributed by atoms with Crippen LogP contribution in [-0.4, -0.2) is 26.5 Å². The van der Waals surface area contributed by atoms with Crippen molar-refractivity contribution in [1.82, 2.24) is 4.72 Å². The van der Waals surface area contributed by atoms with Crippen LogP contribution in [0.4, 0.5) is 5.69 Å². The molecule has 116 valence electrons. The molecule has 0 amide bonds. The second-order valence-electron chi connectivity index (χ2n) is 6.15. The Bertz CT molecular complexity index is 591. The van der Waals surface area contributed by atoms with E-state index in [0.29, 0.717) is 22.7 Å². The van der Waals surface area contributed by atoms with Gasteiger partial charge in [-0.2, -0.15) is 0 Å². The van der Waals surface area contributed by atoms with E-state index in [1.54, 1.807) is 12.1 Å². The molecule has 0 unspecified atom stereocenters. The number of benzene rings is 1. The van der Waals surface area contributed by atoms with Gasteiger partial charge in [0, 0.05) is 18.1 Å². The summed E-state index contributed by atoms with van der Waals surface area (Å²) in [4.78, 5) is 0.353. The lowest BCUT2D eigenvalue weighted by atomic mass is 9.92. The highest BCUT2D eigenvalue weighted by atomic mass is 32.2. The standard InChI is InChI=1S/C15H23N3O2S/c16-11-5-7-12(8-6-11)17-14-3-1-2-4-15(14)21(19,20)18-13-9-10-13/h1-4,11-13,17-18H,5-10,16H2. The summed E-state index contributed by atoms with van der Waals surface area (Å²) in [6.07, 6.45) is 5.85. The van der Waals surface area contributed by atoms with E-state index >= 15 is 0 Å². The largest absolute Gasteiger partial charge is 0.381 e. The molecule has 0 spiro atoms. The molecular weight excluding hydrogens is 286 g/mol. The van der Waals surface area contributed by atoms with E-state index in [1.807, 2.05) is 12.1 Å². The van der Waals surface area contributed by atoms with Gasteiger partial charge in [0.05, 0.1) is 5.69 Å². The molecule has 5 nitrogen and oxygen atoms in total. The van der Waals surface area contributed by atoms with Crippen LogP contribution >= 0.6 is 0 Å². The number of hydrogen-bond donors (Lipinski definition) is 3. The normalized spacial score (nSPS) is 26.5. The second kappa shape index (κ2) is 5.94. The first-order chi connectivity index (χ1) is 10.0. The summed E-state index contributed by atoms with van der Waals surface area (Å²) in [5.74, 6) is 0. The second-order valence-corrected chi connectivity index (χ2v) is 7.83. The zero-order valence-corrected chi connectivity index (χ0v) is 12.9. The highest BCUT2D eigenvalue weighted by Gasteiger charge is 2.29. The maximum Gasteiger partial charge on any atom is 0.242 e. The Labute approximate surface area is 126 Å². The number of nitrogens with two attached hydrogens (primary N) is 1. The molecule has 0 saturated heterocycles. The lowest BCUT2D eigenvalue weighted by Gasteiger charge is -2.28. The molecule has 0 aliphatic heterocycles. The van der Waals surface area contributed by atoms with E-state index in [9.17, 15) is 8.42 Å².